The van der Waals surface area contributed by atoms with Gasteiger partial charge >= 0.3 is 25.5 Å². The quantitative estimate of drug-likeness (QED) is 0.169. The number of anilines is 1. The molecule has 3 heterocycles. The Hall–Kier alpha value is -4.38. The second kappa shape index (κ2) is 13.2. The number of nitrogens with zero attached hydrogens (tertiary/aromatic N) is 2. The molecule has 5 rings (SSSR count). The van der Waals surface area contributed by atoms with Crippen LogP contribution in [-0.4, -0.2) is 62.4 Å². The molecule has 15 nitrogen and oxygen atoms in total. The van der Waals surface area contributed by atoms with E-state index in [0.29, 0.717) is 21.6 Å². The molecule has 4 aromatic rings. The van der Waals surface area contributed by atoms with E-state index in [0.717, 1.165) is 34.5 Å². The van der Waals surface area contributed by atoms with E-state index in [-0.39, 0.29) is 19.0 Å². The van der Waals surface area contributed by atoms with Crippen LogP contribution in [-0.2, 0) is 31.8 Å². The predicted molar refractivity (Wildman–Crippen MR) is 153 cm³/mol. The number of alkyl halides is 2. The van der Waals surface area contributed by atoms with E-state index in [1.807, 2.05) is 25.1 Å². The molecule has 0 spiro atoms. The summed E-state index contributed by atoms with van der Waals surface area (Å²) in [4.78, 5) is 45.8. The number of aryl methyl sites for hydroxylation is 1. The lowest BCUT2D eigenvalue weighted by Gasteiger charge is -2.21. The minimum absolute atomic E-state index is 0.161. The van der Waals surface area contributed by atoms with Crippen molar-refractivity contribution in [1.82, 2.24) is 9.55 Å². The zero-order chi connectivity index (χ0) is 33.2. The Morgan fingerprint density at radius 2 is 1.87 bits per heavy atom. The van der Waals surface area contributed by atoms with Crippen LogP contribution in [0.3, 0.4) is 0 Å². The lowest BCUT2D eigenvalue weighted by atomic mass is 10.1. The maximum Gasteiger partial charge on any atom is 0.469 e. The average molecular weight is 668 g/mol. The van der Waals surface area contributed by atoms with Crippen LogP contribution >= 0.6 is 7.82 Å². The summed E-state index contributed by atoms with van der Waals surface area (Å²) >= 11 is 0. The highest BCUT2D eigenvalue weighted by Gasteiger charge is 2.60. The number of ether oxygens (including phenoxy) is 4. The van der Waals surface area contributed by atoms with Gasteiger partial charge in [-0.25, -0.2) is 14.2 Å². The molecule has 2 aromatic heterocycles. The number of rotatable bonds is 11. The second-order valence-electron chi connectivity index (χ2n) is 10.1. The van der Waals surface area contributed by atoms with Gasteiger partial charge < -0.3 is 38.3 Å². The Morgan fingerprint density at radius 3 is 2.54 bits per heavy atom. The number of phosphoric ester groups is 1. The highest BCUT2D eigenvalue weighted by atomic mass is 31.2. The number of nitrogens with one attached hydrogen (secondary N) is 1. The summed E-state index contributed by atoms with van der Waals surface area (Å²) in [6.07, 6.45) is -6.93. The normalized spacial score (nSPS) is 19.2. The zero-order valence-corrected chi connectivity index (χ0v) is 25.1. The number of phosphoric acid groups is 1. The first-order valence-corrected chi connectivity index (χ1v) is 15.0. The number of fused-ring (bicyclic) bond motifs is 1. The minimum atomic E-state index is -5.04. The topological polar surface area (TPSA) is 201 Å². The molecule has 1 fully saturated rings. The fourth-order valence-electron chi connectivity index (χ4n) is 4.60. The number of benzene rings is 2. The third-order valence-corrected chi connectivity index (χ3v) is 7.32. The predicted octanol–water partition coefficient (Wildman–Crippen LogP) is 3.64. The first-order chi connectivity index (χ1) is 21.7. The first kappa shape index (κ1) is 33.0. The molecule has 0 bridgehead atoms. The molecular formula is C28H28F2N3O12P. The molecule has 2 unspecified atom stereocenters. The van der Waals surface area contributed by atoms with Crippen LogP contribution in [0.25, 0.3) is 11.0 Å². The van der Waals surface area contributed by atoms with Crippen molar-refractivity contribution in [2.24, 2.45) is 0 Å². The molecule has 1 aliphatic rings. The Bertz CT molecular complexity index is 1820. The summed E-state index contributed by atoms with van der Waals surface area (Å²) in [5.41, 5.74) is 1.00. The van der Waals surface area contributed by atoms with E-state index in [1.165, 1.54) is 0 Å². The van der Waals surface area contributed by atoms with Gasteiger partial charge in [-0.2, -0.15) is 13.8 Å². The second-order valence-corrected chi connectivity index (χ2v) is 11.4. The van der Waals surface area contributed by atoms with E-state index in [2.05, 4.69) is 14.8 Å². The van der Waals surface area contributed by atoms with E-state index < -0.39 is 50.6 Å². The molecule has 0 saturated carbocycles. The molecule has 2 aromatic carbocycles. The Morgan fingerprint density at radius 1 is 1.13 bits per heavy atom. The van der Waals surface area contributed by atoms with Crippen molar-refractivity contribution >= 4 is 30.7 Å². The monoisotopic (exact) mass is 667 g/mol. The molecule has 1 saturated heterocycles. The molecular weight excluding hydrogens is 639 g/mol. The van der Waals surface area contributed by atoms with E-state index in [4.69, 9.17) is 33.2 Å². The number of aromatic nitrogens is 2. The summed E-state index contributed by atoms with van der Waals surface area (Å²) in [5, 5.41) is 13.0. The highest BCUT2D eigenvalue weighted by molar-refractivity contribution is 7.46. The molecule has 3 atom stereocenters. The number of carbonyl (C=O) groups is 1. The van der Waals surface area contributed by atoms with Crippen LogP contribution in [0.4, 0.5) is 19.4 Å². The number of hydrogen-bond donors (Lipinski definition) is 4. The number of halogens is 2. The maximum atomic E-state index is 14.6. The van der Waals surface area contributed by atoms with Gasteiger partial charge in [0.25, 0.3) is 0 Å². The Labute approximate surface area is 258 Å². The summed E-state index contributed by atoms with van der Waals surface area (Å²) in [7, 11) is -3.44. The number of aliphatic hydroxyl groups excluding tert-OH is 1. The number of amides is 1. The van der Waals surface area contributed by atoms with Crippen molar-refractivity contribution in [3.05, 3.63) is 82.1 Å². The van der Waals surface area contributed by atoms with Crippen LogP contribution in [0.5, 0.6) is 11.5 Å². The van der Waals surface area contributed by atoms with Gasteiger partial charge in [0.2, 0.25) is 6.23 Å². The van der Waals surface area contributed by atoms with Crippen LogP contribution in [0.15, 0.2) is 63.9 Å². The van der Waals surface area contributed by atoms with Crippen LogP contribution in [0.2, 0.25) is 0 Å². The minimum Gasteiger partial charge on any atom is -0.497 e. The van der Waals surface area contributed by atoms with Gasteiger partial charge in [0, 0.05) is 11.6 Å². The fourth-order valence-corrected chi connectivity index (χ4v) is 4.94. The molecule has 0 aliphatic carbocycles. The van der Waals surface area contributed by atoms with E-state index >= 15 is 0 Å². The SMILES string of the molecule is COc1cc(C)c2oc(COc3ccc(COC(=O)Nc4ccn(C5OC(COP(=O)(O)O)[C@@H](O)C5(F)F)c(=O)n4)cc3)cc2c1. The van der Waals surface area contributed by atoms with Crippen molar-refractivity contribution in [2.75, 3.05) is 19.0 Å². The summed E-state index contributed by atoms with van der Waals surface area (Å²) in [5.74, 6) is -2.49. The number of furan rings is 1. The van der Waals surface area contributed by atoms with E-state index in [9.17, 15) is 28.0 Å². The summed E-state index contributed by atoms with van der Waals surface area (Å²) < 4.78 is 71.6. The molecule has 18 heteroatoms. The van der Waals surface area contributed by atoms with Gasteiger partial charge in [-0.1, -0.05) is 12.1 Å². The van der Waals surface area contributed by atoms with Crippen LogP contribution in [0, 0.1) is 6.92 Å². The lowest BCUT2D eigenvalue weighted by Crippen LogP contribution is -2.42. The van der Waals surface area contributed by atoms with Gasteiger partial charge in [-0.05, 0) is 54.4 Å². The standard InChI is InChI=1S/C28H28F2N3O12P/c1-15-9-19(40-2)10-17-11-20(44-23(15)17)13-41-18-5-3-16(4-6-18)12-42-27(36)32-22-7-8-33(26(35)31-22)25-28(29,30)24(34)21(45-25)14-43-46(37,38)39/h3-11,21,24-25,34H,12-14H2,1-2H3,(H2,37,38,39)(H,31,32,35,36)/t21?,24-,25?/m1/s1. The number of methoxy groups -OCH3 is 1. The number of hydrogen-bond acceptors (Lipinski definition) is 11. The molecule has 1 aliphatic heterocycles. The van der Waals surface area contributed by atoms with E-state index in [1.54, 1.807) is 31.4 Å². The molecule has 1 amide bonds. The third-order valence-electron chi connectivity index (χ3n) is 6.84. The van der Waals surface area contributed by atoms with Crippen LogP contribution in [0.1, 0.15) is 23.1 Å². The summed E-state index contributed by atoms with van der Waals surface area (Å²) in [6.45, 7) is 0.868. The molecule has 4 N–H and O–H groups in total. The van der Waals surface area contributed by atoms with Crippen molar-refractivity contribution in [3.63, 3.8) is 0 Å². The van der Waals surface area contributed by atoms with Gasteiger partial charge in [0.15, 0.2) is 6.10 Å². The Balaban J connectivity index is 1.12. The summed E-state index contributed by atoms with van der Waals surface area (Å²) in [6, 6.07) is 13.3. The fraction of sp³-hybridized carbons (Fsp3) is 0.321. The average Bonchev–Trinajstić information content (AvgIpc) is 3.52. The molecule has 46 heavy (non-hydrogen) atoms. The van der Waals surface area contributed by atoms with Crippen molar-refractivity contribution in [3.8, 4) is 11.5 Å². The third kappa shape index (κ3) is 7.52. The Kier molecular flexibility index (Phi) is 9.44. The van der Waals surface area contributed by atoms with Crippen molar-refractivity contribution < 1.29 is 60.9 Å². The van der Waals surface area contributed by atoms with Crippen molar-refractivity contribution in [2.45, 2.75) is 44.5 Å². The highest BCUT2D eigenvalue weighted by Crippen LogP contribution is 2.44. The molecule has 0 radical (unpaired) electrons. The van der Waals surface area contributed by atoms with Crippen molar-refractivity contribution in [1.29, 1.82) is 0 Å². The van der Waals surface area contributed by atoms with Gasteiger partial charge in [0.05, 0.1) is 13.7 Å². The lowest BCUT2D eigenvalue weighted by molar-refractivity contribution is -0.140. The number of carbonyl (C=O) groups excluding carboxylic acids is 1. The zero-order valence-electron chi connectivity index (χ0n) is 24.2. The largest absolute Gasteiger partial charge is 0.497 e. The molecule has 246 valence electrons. The van der Waals surface area contributed by atoms with Crippen LogP contribution < -0.4 is 20.5 Å². The van der Waals surface area contributed by atoms with Gasteiger partial charge in [-0.15, -0.1) is 0 Å². The number of aliphatic hydroxyl groups is 1. The maximum absolute atomic E-state index is 14.6. The van der Waals surface area contributed by atoms with Gasteiger partial charge in [-0.3, -0.25) is 14.4 Å². The van der Waals surface area contributed by atoms with Gasteiger partial charge in [0.1, 0.15) is 48.0 Å². The smallest absolute Gasteiger partial charge is 0.469 e. The first-order valence-electron chi connectivity index (χ1n) is 13.5.